The van der Waals surface area contributed by atoms with Crippen molar-refractivity contribution in [2.45, 2.75) is 24.8 Å². The van der Waals surface area contributed by atoms with Crippen LogP contribution in [0.25, 0.3) is 0 Å². The minimum atomic E-state index is -3.13. The molecule has 4 nitrogen and oxygen atoms in total. The number of benzene rings is 1. The van der Waals surface area contributed by atoms with Gasteiger partial charge in [-0.15, -0.1) is 11.3 Å². The number of anilines is 1. The highest BCUT2D eigenvalue weighted by atomic mass is 32.2. The fraction of sp³-hybridized carbons (Fsp3) is 0.308. The number of aromatic nitrogens is 1. The highest BCUT2D eigenvalue weighted by Gasteiger charge is 2.12. The molecule has 0 bridgehead atoms. The van der Waals surface area contributed by atoms with Crippen LogP contribution >= 0.6 is 11.3 Å². The van der Waals surface area contributed by atoms with Crippen molar-refractivity contribution in [1.29, 1.82) is 0 Å². The Kier molecular flexibility index (Phi) is 4.21. The number of hydrogen-bond donors (Lipinski definition) is 1. The average molecular weight is 296 g/mol. The van der Waals surface area contributed by atoms with Crippen molar-refractivity contribution in [2.24, 2.45) is 0 Å². The normalized spacial score (nSPS) is 13.2. The van der Waals surface area contributed by atoms with Gasteiger partial charge in [0.25, 0.3) is 0 Å². The second-order valence-corrected chi connectivity index (χ2v) is 7.20. The predicted molar refractivity (Wildman–Crippen MR) is 78.3 cm³/mol. The fourth-order valence-corrected chi connectivity index (χ4v) is 3.22. The standard InChI is InChI=1S/C13H16N2O2S2/c1-3-19(16,17)12-6-4-11(5-7-12)15-10(2)13-8-18-9-14-13/h4-10,15H,3H2,1-2H3. The number of thiazole rings is 1. The Morgan fingerprint density at radius 3 is 2.53 bits per heavy atom. The molecule has 19 heavy (non-hydrogen) atoms. The first-order valence-electron chi connectivity index (χ1n) is 6.00. The summed E-state index contributed by atoms with van der Waals surface area (Å²) in [5.74, 6) is 0.120. The number of nitrogens with one attached hydrogen (secondary N) is 1. The minimum absolute atomic E-state index is 0.0971. The monoisotopic (exact) mass is 296 g/mol. The second kappa shape index (κ2) is 5.71. The van der Waals surface area contributed by atoms with Crippen molar-refractivity contribution in [2.75, 3.05) is 11.1 Å². The molecule has 0 fully saturated rings. The van der Waals surface area contributed by atoms with Crippen molar-refractivity contribution in [3.05, 3.63) is 40.8 Å². The van der Waals surface area contributed by atoms with Gasteiger partial charge in [0, 0.05) is 11.1 Å². The van der Waals surface area contributed by atoms with Crippen LogP contribution in [0.5, 0.6) is 0 Å². The van der Waals surface area contributed by atoms with Gasteiger partial charge in [-0.1, -0.05) is 6.92 Å². The van der Waals surface area contributed by atoms with Crippen LogP contribution in [-0.2, 0) is 9.84 Å². The maximum Gasteiger partial charge on any atom is 0.178 e. The van der Waals surface area contributed by atoms with Crippen LogP contribution in [0, 0.1) is 0 Å². The van der Waals surface area contributed by atoms with E-state index < -0.39 is 9.84 Å². The molecule has 2 aromatic rings. The molecule has 0 aliphatic carbocycles. The molecular weight excluding hydrogens is 280 g/mol. The third-order valence-electron chi connectivity index (χ3n) is 2.87. The van der Waals surface area contributed by atoms with E-state index in [2.05, 4.69) is 10.3 Å². The Morgan fingerprint density at radius 1 is 1.32 bits per heavy atom. The van der Waals surface area contributed by atoms with Gasteiger partial charge >= 0.3 is 0 Å². The van der Waals surface area contributed by atoms with Crippen molar-refractivity contribution >= 4 is 26.9 Å². The van der Waals surface area contributed by atoms with Crippen molar-refractivity contribution < 1.29 is 8.42 Å². The van der Waals surface area contributed by atoms with E-state index in [9.17, 15) is 8.42 Å². The van der Waals surface area contributed by atoms with E-state index in [4.69, 9.17) is 0 Å². The molecule has 1 atom stereocenters. The quantitative estimate of drug-likeness (QED) is 0.921. The molecule has 0 amide bonds. The third-order valence-corrected chi connectivity index (χ3v) is 5.23. The zero-order valence-corrected chi connectivity index (χ0v) is 12.5. The van der Waals surface area contributed by atoms with E-state index in [1.807, 2.05) is 12.3 Å². The maximum atomic E-state index is 11.7. The first-order valence-corrected chi connectivity index (χ1v) is 8.60. The SMILES string of the molecule is CCS(=O)(=O)c1ccc(NC(C)c2cscn2)cc1. The lowest BCUT2D eigenvalue weighted by Gasteiger charge is -2.13. The summed E-state index contributed by atoms with van der Waals surface area (Å²) in [5.41, 5.74) is 3.66. The van der Waals surface area contributed by atoms with Crippen LogP contribution in [0.15, 0.2) is 40.1 Å². The molecule has 1 heterocycles. The predicted octanol–water partition coefficient (Wildman–Crippen LogP) is 3.11. The summed E-state index contributed by atoms with van der Waals surface area (Å²) in [7, 11) is -3.13. The Balaban J connectivity index is 2.11. The summed E-state index contributed by atoms with van der Waals surface area (Å²) in [6.45, 7) is 3.66. The highest BCUT2D eigenvalue weighted by molar-refractivity contribution is 7.91. The van der Waals surface area contributed by atoms with E-state index in [-0.39, 0.29) is 11.8 Å². The summed E-state index contributed by atoms with van der Waals surface area (Å²) in [6, 6.07) is 6.93. The summed E-state index contributed by atoms with van der Waals surface area (Å²) < 4.78 is 23.4. The van der Waals surface area contributed by atoms with Gasteiger partial charge in [-0.05, 0) is 31.2 Å². The lowest BCUT2D eigenvalue weighted by molar-refractivity contribution is 0.597. The van der Waals surface area contributed by atoms with Crippen LogP contribution in [0.2, 0.25) is 0 Å². The number of nitrogens with zero attached hydrogens (tertiary/aromatic N) is 1. The molecule has 102 valence electrons. The zero-order chi connectivity index (χ0) is 13.9. The van der Waals surface area contributed by atoms with Crippen molar-refractivity contribution in [1.82, 2.24) is 4.98 Å². The Bertz CT molecular complexity index is 619. The van der Waals surface area contributed by atoms with Crippen LogP contribution in [0.1, 0.15) is 25.6 Å². The van der Waals surface area contributed by atoms with Gasteiger partial charge in [-0.3, -0.25) is 0 Å². The molecular formula is C13H16N2O2S2. The van der Waals surface area contributed by atoms with Gasteiger partial charge in [0.15, 0.2) is 9.84 Å². The molecule has 0 saturated heterocycles. The molecule has 0 aliphatic rings. The van der Waals surface area contributed by atoms with Crippen LogP contribution in [0.3, 0.4) is 0 Å². The van der Waals surface area contributed by atoms with Crippen LogP contribution in [-0.4, -0.2) is 19.2 Å². The van der Waals surface area contributed by atoms with E-state index in [1.54, 1.807) is 48.0 Å². The summed E-state index contributed by atoms with van der Waals surface area (Å²) in [4.78, 5) is 4.61. The molecule has 1 N–H and O–H groups in total. The first kappa shape index (κ1) is 14.0. The van der Waals surface area contributed by atoms with Gasteiger partial charge in [0.2, 0.25) is 0 Å². The number of sulfone groups is 1. The summed E-state index contributed by atoms with van der Waals surface area (Å²) in [6.07, 6.45) is 0. The molecule has 1 aromatic heterocycles. The smallest absolute Gasteiger partial charge is 0.178 e. The molecule has 0 spiro atoms. The largest absolute Gasteiger partial charge is 0.377 e. The molecule has 0 radical (unpaired) electrons. The van der Waals surface area contributed by atoms with Gasteiger partial charge in [-0.25, -0.2) is 13.4 Å². The van der Waals surface area contributed by atoms with Crippen LogP contribution < -0.4 is 5.32 Å². The number of rotatable bonds is 5. The zero-order valence-electron chi connectivity index (χ0n) is 10.8. The highest BCUT2D eigenvalue weighted by Crippen LogP contribution is 2.21. The molecule has 1 unspecified atom stereocenters. The minimum Gasteiger partial charge on any atom is -0.377 e. The van der Waals surface area contributed by atoms with E-state index >= 15 is 0 Å². The number of hydrogen-bond acceptors (Lipinski definition) is 5. The van der Waals surface area contributed by atoms with E-state index in [0.717, 1.165) is 11.4 Å². The first-order chi connectivity index (χ1) is 9.03. The van der Waals surface area contributed by atoms with E-state index in [1.165, 1.54) is 0 Å². The van der Waals surface area contributed by atoms with Gasteiger partial charge < -0.3 is 5.32 Å². The molecule has 2 rings (SSSR count). The topological polar surface area (TPSA) is 59.1 Å². The van der Waals surface area contributed by atoms with Gasteiger partial charge in [0.1, 0.15) is 0 Å². The molecule has 0 saturated carbocycles. The molecule has 6 heteroatoms. The maximum absolute atomic E-state index is 11.7. The van der Waals surface area contributed by atoms with Crippen molar-refractivity contribution in [3.8, 4) is 0 Å². The lowest BCUT2D eigenvalue weighted by atomic mass is 10.2. The fourth-order valence-electron chi connectivity index (χ4n) is 1.68. The average Bonchev–Trinajstić information content (AvgIpc) is 2.93. The Morgan fingerprint density at radius 2 is 2.00 bits per heavy atom. The Labute approximate surface area is 117 Å². The van der Waals surface area contributed by atoms with E-state index in [0.29, 0.717) is 4.90 Å². The van der Waals surface area contributed by atoms with Crippen molar-refractivity contribution in [3.63, 3.8) is 0 Å². The van der Waals surface area contributed by atoms with Gasteiger partial charge in [-0.2, -0.15) is 0 Å². The third kappa shape index (κ3) is 3.33. The summed E-state index contributed by atoms with van der Waals surface area (Å²) >= 11 is 1.56. The Hall–Kier alpha value is -1.40. The summed E-state index contributed by atoms with van der Waals surface area (Å²) in [5, 5.41) is 5.28. The second-order valence-electron chi connectivity index (χ2n) is 4.21. The van der Waals surface area contributed by atoms with Crippen LogP contribution in [0.4, 0.5) is 5.69 Å². The molecule has 0 aliphatic heterocycles. The van der Waals surface area contributed by atoms with Gasteiger partial charge in [0.05, 0.1) is 27.9 Å². The lowest BCUT2D eigenvalue weighted by Crippen LogP contribution is -2.07. The molecule has 1 aromatic carbocycles.